The van der Waals surface area contributed by atoms with Crippen LogP contribution in [0.25, 0.3) is 0 Å². The van der Waals surface area contributed by atoms with Gasteiger partial charge in [-0.1, -0.05) is 78.4 Å². The molecule has 0 aromatic heterocycles. The van der Waals surface area contributed by atoms with Gasteiger partial charge in [0.2, 0.25) is 0 Å². The van der Waals surface area contributed by atoms with Crippen molar-refractivity contribution in [3.8, 4) is 0 Å². The Morgan fingerprint density at radius 2 is 1.76 bits per heavy atom. The van der Waals surface area contributed by atoms with E-state index in [0.29, 0.717) is 11.8 Å². The highest BCUT2D eigenvalue weighted by Crippen LogP contribution is 2.74. The lowest BCUT2D eigenvalue weighted by molar-refractivity contribution is -0.131. The minimum Gasteiger partial charge on any atom is -0.300 e. The van der Waals surface area contributed by atoms with E-state index in [1.807, 2.05) is 12.5 Å². The van der Waals surface area contributed by atoms with Gasteiger partial charge in [0.15, 0.2) is 0 Å². The number of rotatable bonds is 7. The third-order valence-electron chi connectivity index (χ3n) is 12.3. The van der Waals surface area contributed by atoms with E-state index in [9.17, 15) is 4.79 Å². The third-order valence-corrected chi connectivity index (χ3v) is 12.3. The van der Waals surface area contributed by atoms with Crippen molar-refractivity contribution in [2.45, 2.75) is 138 Å². The number of hydrogen-bond donors (Lipinski definition) is 0. The van der Waals surface area contributed by atoms with Crippen LogP contribution in [0.5, 0.6) is 0 Å². The normalized spacial score (nSPS) is 43.1. The molecule has 194 valence electrons. The fraction of sp³-hybridized carbons (Fsp3) is 0.909. The Balaban J connectivity index is 0.000000499. The maximum Gasteiger partial charge on any atom is 0.129 e. The Morgan fingerprint density at radius 3 is 2.44 bits per heavy atom. The fourth-order valence-corrected chi connectivity index (χ4v) is 9.90. The van der Waals surface area contributed by atoms with Crippen molar-refractivity contribution in [3.05, 3.63) is 11.6 Å². The van der Waals surface area contributed by atoms with Crippen LogP contribution in [-0.2, 0) is 4.79 Å². The van der Waals surface area contributed by atoms with E-state index in [0.717, 1.165) is 46.8 Å². The van der Waals surface area contributed by atoms with E-state index < -0.39 is 0 Å². The lowest BCUT2D eigenvalue weighted by atomic mass is 9.41. The Morgan fingerprint density at radius 1 is 1.03 bits per heavy atom. The molecule has 1 spiro atoms. The van der Waals surface area contributed by atoms with Gasteiger partial charge >= 0.3 is 0 Å². The second-order valence-corrected chi connectivity index (χ2v) is 13.6. The van der Waals surface area contributed by atoms with Gasteiger partial charge in [-0.3, -0.25) is 0 Å². The molecule has 0 bridgehead atoms. The standard InChI is InChI=1S/C29H48.C4H8O/c1-5-7-8-9-22-19-29-17-15-26-24(27(29)13-12-25(22)29)11-10-23-18-21(20(3)6-2)14-16-28(23,26)4;1-3-4(2)5/h10,20-22,24-27H,5-9,11-19H2,1-4H3;3H2,1-2H3/t20?,21?,22-,24?,25+,26-,27-,28-,29-;/m0./s1. The van der Waals surface area contributed by atoms with Gasteiger partial charge in [-0.2, -0.15) is 0 Å². The van der Waals surface area contributed by atoms with Gasteiger partial charge in [0.25, 0.3) is 0 Å². The first kappa shape index (κ1) is 26.5. The Hall–Kier alpha value is -0.590. The predicted molar refractivity (Wildman–Crippen MR) is 146 cm³/mol. The molecule has 0 aromatic rings. The number of carbonyl (C=O) groups excluding carboxylic acids is 1. The number of allylic oxidation sites excluding steroid dienone is 2. The van der Waals surface area contributed by atoms with E-state index >= 15 is 0 Å². The van der Waals surface area contributed by atoms with Crippen LogP contribution in [0.2, 0.25) is 0 Å². The zero-order valence-corrected chi connectivity index (χ0v) is 23.6. The largest absolute Gasteiger partial charge is 0.300 e. The lowest BCUT2D eigenvalue weighted by Crippen LogP contribution is -2.56. The van der Waals surface area contributed by atoms with Gasteiger partial charge in [-0.15, -0.1) is 0 Å². The molecule has 0 heterocycles. The Bertz CT molecular complexity index is 735. The van der Waals surface area contributed by atoms with Crippen molar-refractivity contribution in [2.24, 2.45) is 52.3 Å². The van der Waals surface area contributed by atoms with Gasteiger partial charge < -0.3 is 4.79 Å². The van der Waals surface area contributed by atoms with E-state index in [1.54, 1.807) is 45.4 Å². The smallest absolute Gasteiger partial charge is 0.129 e. The van der Waals surface area contributed by atoms with Crippen molar-refractivity contribution >= 4 is 5.78 Å². The van der Waals surface area contributed by atoms with E-state index in [1.165, 1.54) is 51.4 Å². The van der Waals surface area contributed by atoms with E-state index in [4.69, 9.17) is 0 Å². The molecule has 3 unspecified atom stereocenters. The molecule has 0 aliphatic heterocycles. The zero-order chi connectivity index (χ0) is 24.5. The topological polar surface area (TPSA) is 17.1 Å². The minimum absolute atomic E-state index is 0.255. The highest BCUT2D eigenvalue weighted by atomic mass is 16.1. The predicted octanol–water partition coefficient (Wildman–Crippen LogP) is 9.79. The molecule has 5 aliphatic rings. The molecule has 0 aromatic carbocycles. The Kier molecular flexibility index (Phi) is 8.41. The molecule has 34 heavy (non-hydrogen) atoms. The molecule has 0 saturated heterocycles. The average molecular weight is 469 g/mol. The van der Waals surface area contributed by atoms with Crippen LogP contribution in [0.1, 0.15) is 138 Å². The number of ketones is 1. The van der Waals surface area contributed by atoms with Gasteiger partial charge in [-0.05, 0) is 117 Å². The molecule has 1 nitrogen and oxygen atoms in total. The molecule has 0 radical (unpaired) electrons. The summed E-state index contributed by atoms with van der Waals surface area (Å²) in [4.78, 5) is 9.81. The van der Waals surface area contributed by atoms with Crippen molar-refractivity contribution in [2.75, 3.05) is 0 Å². The van der Waals surface area contributed by atoms with E-state index in [-0.39, 0.29) is 5.78 Å². The van der Waals surface area contributed by atoms with Crippen LogP contribution in [0, 0.1) is 52.3 Å². The summed E-state index contributed by atoms with van der Waals surface area (Å²) in [5.41, 5.74) is 3.29. The van der Waals surface area contributed by atoms with Crippen LogP contribution < -0.4 is 0 Å². The maximum atomic E-state index is 9.81. The first-order chi connectivity index (χ1) is 16.3. The van der Waals surface area contributed by atoms with Gasteiger partial charge in [-0.25, -0.2) is 0 Å². The first-order valence-electron chi connectivity index (χ1n) is 15.5. The van der Waals surface area contributed by atoms with E-state index in [2.05, 4.69) is 33.8 Å². The summed E-state index contributed by atoms with van der Waals surface area (Å²) in [5, 5.41) is 0. The summed E-state index contributed by atoms with van der Waals surface area (Å²) in [5.74, 6) is 7.54. The number of fused-ring (bicyclic) bond motifs is 4. The molecule has 5 aliphatic carbocycles. The quantitative estimate of drug-likeness (QED) is 0.268. The third kappa shape index (κ3) is 4.61. The van der Waals surface area contributed by atoms with Gasteiger partial charge in [0, 0.05) is 6.42 Å². The van der Waals surface area contributed by atoms with Crippen molar-refractivity contribution in [1.29, 1.82) is 0 Å². The molecular formula is C33H56O. The summed E-state index contributed by atoms with van der Waals surface area (Å²) < 4.78 is 0. The van der Waals surface area contributed by atoms with Gasteiger partial charge in [0.05, 0.1) is 0 Å². The maximum absolute atomic E-state index is 9.81. The van der Waals surface area contributed by atoms with Crippen LogP contribution in [0.4, 0.5) is 0 Å². The van der Waals surface area contributed by atoms with Crippen LogP contribution >= 0.6 is 0 Å². The summed E-state index contributed by atoms with van der Waals surface area (Å²) in [6, 6.07) is 0. The molecule has 0 amide bonds. The van der Waals surface area contributed by atoms with Gasteiger partial charge in [0.1, 0.15) is 5.78 Å². The minimum atomic E-state index is 0.255. The van der Waals surface area contributed by atoms with Crippen LogP contribution in [0.15, 0.2) is 11.6 Å². The van der Waals surface area contributed by atoms with Crippen molar-refractivity contribution in [3.63, 3.8) is 0 Å². The number of unbranched alkanes of at least 4 members (excludes halogenated alkanes) is 2. The number of hydrogen-bond acceptors (Lipinski definition) is 1. The SMILES string of the molecule is CCC(C)=O.CCCCC[C@H]1C[C@]23CC[C@H]4C(CC=C5CC(C(C)CC)CC[C@@]54C)[C@@H]2CC[C@H]13. The summed E-state index contributed by atoms with van der Waals surface area (Å²) in [6.07, 6.45) is 24.6. The highest BCUT2D eigenvalue weighted by molar-refractivity contribution is 5.74. The molecule has 0 N–H and O–H groups in total. The first-order valence-corrected chi connectivity index (χ1v) is 15.5. The van der Waals surface area contributed by atoms with Crippen LogP contribution in [-0.4, -0.2) is 5.78 Å². The number of carbonyl (C=O) groups is 1. The van der Waals surface area contributed by atoms with Crippen LogP contribution in [0.3, 0.4) is 0 Å². The summed E-state index contributed by atoms with van der Waals surface area (Å²) in [6.45, 7) is 13.4. The molecule has 9 atom stereocenters. The fourth-order valence-electron chi connectivity index (χ4n) is 9.90. The second-order valence-electron chi connectivity index (χ2n) is 13.6. The van der Waals surface area contributed by atoms with Crippen molar-refractivity contribution < 1.29 is 4.79 Å². The zero-order valence-electron chi connectivity index (χ0n) is 23.6. The summed E-state index contributed by atoms with van der Waals surface area (Å²) in [7, 11) is 0. The molecule has 5 rings (SSSR count). The molecule has 4 fully saturated rings. The molecule has 4 saturated carbocycles. The molecular weight excluding hydrogens is 412 g/mol. The summed E-state index contributed by atoms with van der Waals surface area (Å²) >= 11 is 0. The monoisotopic (exact) mass is 468 g/mol. The highest BCUT2D eigenvalue weighted by Gasteiger charge is 2.65. The molecule has 1 heteroatoms. The second kappa shape index (κ2) is 10.8. The lowest BCUT2D eigenvalue weighted by Gasteiger charge is -2.64. The number of Topliss-reactive ketones (excluding diaryl/α,β-unsaturated/α-hetero) is 1. The van der Waals surface area contributed by atoms with Crippen molar-refractivity contribution in [1.82, 2.24) is 0 Å². The average Bonchev–Trinajstić information content (AvgIpc) is 3.13. The Labute approximate surface area is 212 Å².